The third-order valence-electron chi connectivity index (χ3n) is 6.51. The van der Waals surface area contributed by atoms with Gasteiger partial charge in [0.2, 0.25) is 0 Å². The molecule has 0 aliphatic carbocycles. The summed E-state index contributed by atoms with van der Waals surface area (Å²) in [6, 6.07) is 14.5. The number of hydrogen-bond donors (Lipinski definition) is 0. The topological polar surface area (TPSA) is 17.1 Å². The van der Waals surface area contributed by atoms with Crippen molar-refractivity contribution in [2.75, 3.05) is 13.1 Å². The van der Waals surface area contributed by atoms with Crippen molar-refractivity contribution >= 4 is 17.4 Å². The second-order valence-electron chi connectivity index (χ2n) is 8.45. The lowest BCUT2D eigenvalue weighted by Crippen LogP contribution is -3.00. The number of nitrogens with zero attached hydrogens (tertiary/aromatic N) is 1. The number of quaternary nitrogens is 1. The van der Waals surface area contributed by atoms with Crippen LogP contribution in [-0.4, -0.2) is 29.4 Å². The molecule has 3 rings (SSSR count). The zero-order valence-electron chi connectivity index (χ0n) is 17.9. The van der Waals surface area contributed by atoms with Crippen LogP contribution in [0.3, 0.4) is 0 Å². The summed E-state index contributed by atoms with van der Waals surface area (Å²) in [7, 11) is 0. The van der Waals surface area contributed by atoms with Gasteiger partial charge < -0.3 is 21.5 Å². The molecular formula is C25H33BrClNO. The summed E-state index contributed by atoms with van der Waals surface area (Å²) in [5.74, 6) is 0.392. The number of piperidine rings is 1. The van der Waals surface area contributed by atoms with Gasteiger partial charge in [0.1, 0.15) is 12.6 Å². The van der Waals surface area contributed by atoms with Gasteiger partial charge in [-0.15, -0.1) is 0 Å². The Balaban J connectivity index is 0.00000300. The normalized spacial score (nSPS) is 16.7. The van der Waals surface area contributed by atoms with Crippen LogP contribution >= 0.6 is 11.6 Å². The lowest BCUT2D eigenvalue weighted by atomic mass is 9.91. The number of hydrogen-bond acceptors (Lipinski definition) is 1. The number of halogens is 2. The number of carbonyl (C=O) groups is 1. The zero-order valence-corrected chi connectivity index (χ0v) is 20.2. The lowest BCUT2D eigenvalue weighted by molar-refractivity contribution is -0.959. The van der Waals surface area contributed by atoms with Crippen molar-refractivity contribution in [2.24, 2.45) is 0 Å². The molecule has 1 heterocycles. The fraction of sp³-hybridized carbons (Fsp3) is 0.480. The predicted molar refractivity (Wildman–Crippen MR) is 118 cm³/mol. The third kappa shape index (κ3) is 5.71. The third-order valence-corrected chi connectivity index (χ3v) is 6.74. The fourth-order valence-electron chi connectivity index (χ4n) is 5.06. The summed E-state index contributed by atoms with van der Waals surface area (Å²) in [6.45, 7) is 9.49. The summed E-state index contributed by atoms with van der Waals surface area (Å²) < 4.78 is 0.889. The number of Topliss-reactive ketones (excluding diaryl/α,β-unsaturated/α-hetero) is 1. The molecule has 0 radical (unpaired) electrons. The van der Waals surface area contributed by atoms with Gasteiger partial charge in [-0.05, 0) is 61.9 Å². The summed E-state index contributed by atoms with van der Waals surface area (Å²) in [6.07, 6.45) is 5.12. The summed E-state index contributed by atoms with van der Waals surface area (Å²) in [4.78, 5) is 13.6. The van der Waals surface area contributed by atoms with Gasteiger partial charge in [-0.3, -0.25) is 4.79 Å². The van der Waals surface area contributed by atoms with Crippen LogP contribution in [0.2, 0.25) is 5.02 Å². The first-order valence-electron chi connectivity index (χ1n) is 10.6. The average Bonchev–Trinajstić information content (AvgIpc) is 2.66. The molecule has 0 aromatic heterocycles. The maximum absolute atomic E-state index is 13.6. The number of benzene rings is 2. The van der Waals surface area contributed by atoms with Crippen LogP contribution in [0.1, 0.15) is 54.9 Å². The van der Waals surface area contributed by atoms with E-state index in [1.165, 1.54) is 41.5 Å². The number of ketones is 1. The highest BCUT2D eigenvalue weighted by molar-refractivity contribution is 6.30. The van der Waals surface area contributed by atoms with Crippen LogP contribution in [0.15, 0.2) is 42.5 Å². The Hall–Kier alpha value is -1.16. The predicted octanol–water partition coefficient (Wildman–Crippen LogP) is 3.05. The van der Waals surface area contributed by atoms with Gasteiger partial charge >= 0.3 is 0 Å². The van der Waals surface area contributed by atoms with Gasteiger partial charge in [0.15, 0.2) is 5.78 Å². The standard InChI is InChI=1S/C25H33ClNO.BrH/c1-4-24(25(28)17-23-19(2)10-8-11-20(23)3)27(14-6-5-7-15-27)18-21-12-9-13-22(26)16-21;/h8-13,16,24H,4-7,14-15,17-18H2,1-3H3;1H/q+1;/p-1. The number of likely N-dealkylation sites (tertiary alicyclic amines) is 1. The largest absolute Gasteiger partial charge is 1.00 e. The van der Waals surface area contributed by atoms with Gasteiger partial charge in [-0.25, -0.2) is 0 Å². The Morgan fingerprint density at radius 3 is 2.24 bits per heavy atom. The SMILES string of the molecule is CCC(C(=O)Cc1c(C)cccc1C)[N+]1(Cc2cccc(Cl)c2)CCCCC1.[Br-]. The second-order valence-corrected chi connectivity index (χ2v) is 8.89. The molecule has 0 bridgehead atoms. The molecule has 0 amide bonds. The molecule has 0 saturated carbocycles. The van der Waals surface area contributed by atoms with Gasteiger partial charge in [-0.2, -0.15) is 0 Å². The molecule has 158 valence electrons. The first-order valence-corrected chi connectivity index (χ1v) is 11.0. The van der Waals surface area contributed by atoms with E-state index in [0.29, 0.717) is 12.2 Å². The minimum absolute atomic E-state index is 0. The summed E-state index contributed by atoms with van der Waals surface area (Å²) in [5, 5.41) is 0.780. The highest BCUT2D eigenvalue weighted by Gasteiger charge is 2.41. The fourth-order valence-corrected chi connectivity index (χ4v) is 5.27. The van der Waals surface area contributed by atoms with Crippen LogP contribution in [-0.2, 0) is 17.8 Å². The Morgan fingerprint density at radius 1 is 1.03 bits per heavy atom. The highest BCUT2D eigenvalue weighted by Crippen LogP contribution is 2.30. The molecule has 2 nitrogen and oxygen atoms in total. The van der Waals surface area contributed by atoms with E-state index in [2.05, 4.69) is 51.1 Å². The molecule has 1 unspecified atom stereocenters. The first kappa shape index (κ1) is 24.1. The molecule has 4 heteroatoms. The van der Waals surface area contributed by atoms with E-state index in [9.17, 15) is 4.79 Å². The average molecular weight is 479 g/mol. The van der Waals surface area contributed by atoms with E-state index in [-0.39, 0.29) is 23.0 Å². The molecule has 0 spiro atoms. The first-order chi connectivity index (χ1) is 13.4. The zero-order chi connectivity index (χ0) is 20.1. The Bertz CT molecular complexity index is 809. The molecule has 29 heavy (non-hydrogen) atoms. The molecule has 1 aliphatic heterocycles. The Morgan fingerprint density at radius 2 is 1.66 bits per heavy atom. The van der Waals surface area contributed by atoms with Crippen molar-refractivity contribution in [1.82, 2.24) is 0 Å². The van der Waals surface area contributed by atoms with E-state index in [1.807, 2.05) is 12.1 Å². The van der Waals surface area contributed by atoms with Crippen molar-refractivity contribution < 1.29 is 26.3 Å². The van der Waals surface area contributed by atoms with E-state index in [0.717, 1.165) is 35.6 Å². The molecule has 0 N–H and O–H groups in total. The molecule has 2 aromatic carbocycles. The minimum atomic E-state index is 0. The lowest BCUT2D eigenvalue weighted by Gasteiger charge is -2.46. The van der Waals surface area contributed by atoms with Gasteiger partial charge in [-0.1, -0.05) is 48.9 Å². The van der Waals surface area contributed by atoms with E-state index in [4.69, 9.17) is 11.6 Å². The summed E-state index contributed by atoms with van der Waals surface area (Å²) in [5.41, 5.74) is 4.91. The highest BCUT2D eigenvalue weighted by atomic mass is 79.9. The Labute approximate surface area is 191 Å². The van der Waals surface area contributed by atoms with Crippen LogP contribution in [0.4, 0.5) is 0 Å². The molecule has 2 aromatic rings. The molecule has 1 atom stereocenters. The van der Waals surface area contributed by atoms with E-state index < -0.39 is 0 Å². The van der Waals surface area contributed by atoms with Crippen molar-refractivity contribution in [2.45, 2.75) is 65.5 Å². The van der Waals surface area contributed by atoms with Crippen LogP contribution in [0.25, 0.3) is 0 Å². The van der Waals surface area contributed by atoms with Crippen LogP contribution in [0.5, 0.6) is 0 Å². The van der Waals surface area contributed by atoms with Crippen molar-refractivity contribution in [3.63, 3.8) is 0 Å². The number of aryl methyl sites for hydroxylation is 2. The maximum atomic E-state index is 13.6. The van der Waals surface area contributed by atoms with Gasteiger partial charge in [0.25, 0.3) is 0 Å². The molecule has 1 fully saturated rings. The van der Waals surface area contributed by atoms with Crippen molar-refractivity contribution in [3.8, 4) is 0 Å². The maximum Gasteiger partial charge on any atom is 0.194 e. The summed E-state index contributed by atoms with van der Waals surface area (Å²) >= 11 is 6.25. The number of rotatable bonds is 7. The quantitative estimate of drug-likeness (QED) is 0.559. The van der Waals surface area contributed by atoms with Gasteiger partial charge in [0, 0.05) is 23.4 Å². The second kappa shape index (κ2) is 10.7. The molecular weight excluding hydrogens is 446 g/mol. The van der Waals surface area contributed by atoms with Crippen LogP contribution in [0, 0.1) is 13.8 Å². The van der Waals surface area contributed by atoms with E-state index in [1.54, 1.807) is 0 Å². The van der Waals surface area contributed by atoms with Crippen LogP contribution < -0.4 is 17.0 Å². The van der Waals surface area contributed by atoms with Crippen molar-refractivity contribution in [3.05, 3.63) is 69.7 Å². The Kier molecular flexibility index (Phi) is 8.93. The smallest absolute Gasteiger partial charge is 0.194 e. The molecule has 1 aliphatic rings. The monoisotopic (exact) mass is 477 g/mol. The minimum Gasteiger partial charge on any atom is -1.00 e. The van der Waals surface area contributed by atoms with Crippen molar-refractivity contribution in [1.29, 1.82) is 0 Å². The number of carbonyl (C=O) groups excluding carboxylic acids is 1. The molecule has 1 saturated heterocycles. The van der Waals surface area contributed by atoms with E-state index >= 15 is 0 Å². The van der Waals surface area contributed by atoms with Gasteiger partial charge in [0.05, 0.1) is 13.1 Å².